The molecule has 4 nitrogen and oxygen atoms in total. The van der Waals surface area contributed by atoms with Crippen LogP contribution in [0.15, 0.2) is 91.0 Å². The highest BCUT2D eigenvalue weighted by Gasteiger charge is 2.21. The molecule has 3 aromatic carbocycles. The molecule has 0 aliphatic carbocycles. The molecule has 1 heterocycles. The third-order valence-electron chi connectivity index (χ3n) is 5.79. The van der Waals surface area contributed by atoms with Gasteiger partial charge in [0.1, 0.15) is 5.75 Å². The van der Waals surface area contributed by atoms with E-state index in [0.717, 1.165) is 22.7 Å². The first-order valence-electron chi connectivity index (χ1n) is 10.3. The summed E-state index contributed by atoms with van der Waals surface area (Å²) < 4.78 is 7.50. The van der Waals surface area contributed by atoms with Gasteiger partial charge in [0, 0.05) is 23.9 Å². The highest BCUT2D eigenvalue weighted by Crippen LogP contribution is 2.33. The number of methoxy groups -OCH3 is 1. The Morgan fingerprint density at radius 3 is 1.94 bits per heavy atom. The lowest BCUT2D eigenvalue weighted by molar-refractivity contribution is 0.0999. The van der Waals surface area contributed by atoms with E-state index in [0.29, 0.717) is 12.1 Å². The van der Waals surface area contributed by atoms with E-state index in [1.54, 1.807) is 7.11 Å². The molecule has 1 amide bonds. The first-order valence-corrected chi connectivity index (χ1v) is 10.3. The average molecular weight is 411 g/mol. The third kappa shape index (κ3) is 4.24. The molecule has 0 fully saturated rings. The molecule has 0 radical (unpaired) electrons. The van der Waals surface area contributed by atoms with Gasteiger partial charge in [-0.2, -0.15) is 0 Å². The van der Waals surface area contributed by atoms with Crippen LogP contribution >= 0.6 is 0 Å². The van der Waals surface area contributed by atoms with Crippen LogP contribution in [-0.4, -0.2) is 17.6 Å². The molecule has 4 aromatic rings. The van der Waals surface area contributed by atoms with Crippen molar-refractivity contribution in [1.82, 2.24) is 4.57 Å². The molecule has 156 valence electrons. The number of nitrogens with zero attached hydrogens (tertiary/aromatic N) is 1. The lowest BCUT2D eigenvalue weighted by atomic mass is 9.91. The van der Waals surface area contributed by atoms with E-state index in [4.69, 9.17) is 10.5 Å². The predicted octanol–water partition coefficient (Wildman–Crippen LogP) is 5.40. The van der Waals surface area contributed by atoms with Gasteiger partial charge >= 0.3 is 0 Å². The number of hydrogen-bond acceptors (Lipinski definition) is 2. The molecule has 0 bridgehead atoms. The number of aromatic nitrogens is 1. The summed E-state index contributed by atoms with van der Waals surface area (Å²) in [5.41, 5.74) is 11.5. The number of amides is 1. The second-order valence-corrected chi connectivity index (χ2v) is 7.61. The van der Waals surface area contributed by atoms with E-state index in [1.165, 1.54) is 11.1 Å². The maximum absolute atomic E-state index is 12.1. The van der Waals surface area contributed by atoms with E-state index in [-0.39, 0.29) is 5.92 Å². The maximum Gasteiger partial charge on any atom is 0.250 e. The van der Waals surface area contributed by atoms with Crippen LogP contribution < -0.4 is 10.5 Å². The number of rotatable bonds is 7. The predicted molar refractivity (Wildman–Crippen MR) is 124 cm³/mol. The standard InChI is InChI=1S/C27H26N2O2/c1-19-24(27(28)30)17-26(22-13-15-23(31-2)16-14-22)29(19)18-25(20-9-5-3-6-10-20)21-11-7-4-8-12-21/h3-17,25H,18H2,1-2H3,(H2,28,30). The SMILES string of the molecule is COc1ccc(-c2cc(C(N)=O)c(C)n2CC(c2ccccc2)c2ccccc2)cc1. The Morgan fingerprint density at radius 2 is 1.45 bits per heavy atom. The quantitative estimate of drug-likeness (QED) is 0.443. The van der Waals surface area contributed by atoms with E-state index in [1.807, 2.05) is 49.4 Å². The van der Waals surface area contributed by atoms with Crippen LogP contribution in [0, 0.1) is 6.92 Å². The Kier molecular flexibility index (Phi) is 5.89. The van der Waals surface area contributed by atoms with Crippen molar-refractivity contribution >= 4 is 5.91 Å². The molecular weight excluding hydrogens is 384 g/mol. The summed E-state index contributed by atoms with van der Waals surface area (Å²) in [6, 6.07) is 30.7. The minimum atomic E-state index is -0.415. The summed E-state index contributed by atoms with van der Waals surface area (Å²) in [6.07, 6.45) is 0. The van der Waals surface area contributed by atoms with Crippen molar-refractivity contribution in [3.63, 3.8) is 0 Å². The molecule has 4 rings (SSSR count). The van der Waals surface area contributed by atoms with Crippen molar-refractivity contribution in [3.8, 4) is 17.0 Å². The number of carbonyl (C=O) groups excluding carboxylic acids is 1. The van der Waals surface area contributed by atoms with Gasteiger partial charge in [0.2, 0.25) is 0 Å². The summed E-state index contributed by atoms with van der Waals surface area (Å²) in [6.45, 7) is 2.65. The minimum absolute atomic E-state index is 0.131. The van der Waals surface area contributed by atoms with Crippen molar-refractivity contribution in [2.24, 2.45) is 5.73 Å². The Balaban J connectivity index is 1.84. The molecule has 31 heavy (non-hydrogen) atoms. The normalized spacial score (nSPS) is 10.9. The average Bonchev–Trinajstić information content (AvgIpc) is 3.15. The van der Waals surface area contributed by atoms with Crippen molar-refractivity contribution < 1.29 is 9.53 Å². The number of benzene rings is 3. The fraction of sp³-hybridized carbons (Fsp3) is 0.148. The van der Waals surface area contributed by atoms with Crippen molar-refractivity contribution in [2.75, 3.05) is 7.11 Å². The van der Waals surface area contributed by atoms with Gasteiger partial charge in [-0.05, 0) is 53.9 Å². The van der Waals surface area contributed by atoms with Gasteiger partial charge in [-0.25, -0.2) is 0 Å². The molecule has 0 unspecified atom stereocenters. The zero-order valence-electron chi connectivity index (χ0n) is 17.8. The van der Waals surface area contributed by atoms with Crippen LogP contribution in [0.2, 0.25) is 0 Å². The van der Waals surface area contributed by atoms with E-state index < -0.39 is 5.91 Å². The van der Waals surface area contributed by atoms with Gasteiger partial charge in [-0.15, -0.1) is 0 Å². The molecule has 0 aliphatic heterocycles. The Labute approximate surface area is 182 Å². The zero-order chi connectivity index (χ0) is 21.8. The van der Waals surface area contributed by atoms with Crippen LogP contribution in [0.3, 0.4) is 0 Å². The Morgan fingerprint density at radius 1 is 0.903 bits per heavy atom. The van der Waals surface area contributed by atoms with Crippen LogP contribution in [0.5, 0.6) is 5.75 Å². The summed E-state index contributed by atoms with van der Waals surface area (Å²) >= 11 is 0. The maximum atomic E-state index is 12.1. The topological polar surface area (TPSA) is 57.2 Å². The summed E-state index contributed by atoms with van der Waals surface area (Å²) in [4.78, 5) is 12.1. The minimum Gasteiger partial charge on any atom is -0.497 e. The van der Waals surface area contributed by atoms with Crippen LogP contribution in [-0.2, 0) is 6.54 Å². The zero-order valence-corrected chi connectivity index (χ0v) is 17.8. The molecule has 0 atom stereocenters. The molecule has 4 heteroatoms. The number of primary amides is 1. The number of ether oxygens (including phenoxy) is 1. The van der Waals surface area contributed by atoms with Crippen molar-refractivity contribution in [2.45, 2.75) is 19.4 Å². The van der Waals surface area contributed by atoms with Crippen LogP contribution in [0.25, 0.3) is 11.3 Å². The molecular formula is C27H26N2O2. The lowest BCUT2D eigenvalue weighted by Gasteiger charge is -2.22. The van der Waals surface area contributed by atoms with E-state index >= 15 is 0 Å². The summed E-state index contributed by atoms with van der Waals surface area (Å²) in [5.74, 6) is 0.508. The highest BCUT2D eigenvalue weighted by molar-refractivity contribution is 5.95. The molecule has 0 saturated heterocycles. The molecule has 2 N–H and O–H groups in total. The van der Waals surface area contributed by atoms with Gasteiger partial charge in [-0.3, -0.25) is 4.79 Å². The molecule has 1 aromatic heterocycles. The molecule has 0 aliphatic rings. The smallest absolute Gasteiger partial charge is 0.250 e. The van der Waals surface area contributed by atoms with Crippen molar-refractivity contribution in [1.29, 1.82) is 0 Å². The fourth-order valence-corrected chi connectivity index (χ4v) is 4.09. The summed E-state index contributed by atoms with van der Waals surface area (Å²) in [7, 11) is 1.65. The van der Waals surface area contributed by atoms with Gasteiger partial charge < -0.3 is 15.0 Å². The number of carbonyl (C=O) groups is 1. The van der Waals surface area contributed by atoms with Crippen LogP contribution in [0.4, 0.5) is 0 Å². The Bertz CT molecular complexity index is 1120. The van der Waals surface area contributed by atoms with Gasteiger partial charge in [-0.1, -0.05) is 60.7 Å². The second-order valence-electron chi connectivity index (χ2n) is 7.61. The van der Waals surface area contributed by atoms with E-state index in [2.05, 4.69) is 53.1 Å². The largest absolute Gasteiger partial charge is 0.497 e. The summed E-state index contributed by atoms with van der Waals surface area (Å²) in [5, 5.41) is 0. The molecule has 0 saturated carbocycles. The fourth-order valence-electron chi connectivity index (χ4n) is 4.09. The monoisotopic (exact) mass is 410 g/mol. The number of hydrogen-bond donors (Lipinski definition) is 1. The van der Waals surface area contributed by atoms with Gasteiger partial charge in [0.05, 0.1) is 12.7 Å². The highest BCUT2D eigenvalue weighted by atomic mass is 16.5. The van der Waals surface area contributed by atoms with Gasteiger partial charge in [0.15, 0.2) is 0 Å². The van der Waals surface area contributed by atoms with E-state index in [9.17, 15) is 4.79 Å². The number of nitrogens with two attached hydrogens (primary N) is 1. The van der Waals surface area contributed by atoms with Gasteiger partial charge in [0.25, 0.3) is 5.91 Å². The second kappa shape index (κ2) is 8.92. The first kappa shape index (κ1) is 20.5. The molecule has 0 spiro atoms. The van der Waals surface area contributed by atoms with Crippen LogP contribution in [0.1, 0.15) is 33.1 Å². The lowest BCUT2D eigenvalue weighted by Crippen LogP contribution is -2.15. The third-order valence-corrected chi connectivity index (χ3v) is 5.79. The first-order chi connectivity index (χ1) is 15.1. The van der Waals surface area contributed by atoms with Crippen molar-refractivity contribution in [3.05, 3.63) is 113 Å². The Hall–Kier alpha value is -3.79.